The van der Waals surface area contributed by atoms with Gasteiger partial charge in [-0.1, -0.05) is 6.07 Å². The van der Waals surface area contributed by atoms with Gasteiger partial charge in [-0.05, 0) is 61.7 Å². The van der Waals surface area contributed by atoms with Crippen molar-refractivity contribution in [3.05, 3.63) is 59.4 Å². The van der Waals surface area contributed by atoms with E-state index in [0.717, 1.165) is 10.4 Å². The van der Waals surface area contributed by atoms with Gasteiger partial charge in [-0.15, -0.1) is 11.3 Å². The van der Waals surface area contributed by atoms with Crippen molar-refractivity contribution in [1.29, 1.82) is 0 Å². The predicted molar refractivity (Wildman–Crippen MR) is 114 cm³/mol. The second-order valence-corrected chi connectivity index (χ2v) is 8.81. The first-order valence-electron chi connectivity index (χ1n) is 9.96. The molecule has 1 atom stereocenters. The average molecular weight is 425 g/mol. The van der Waals surface area contributed by atoms with Crippen molar-refractivity contribution in [1.82, 2.24) is 15.2 Å². The number of benzene rings is 2. The minimum absolute atomic E-state index is 0.189. The summed E-state index contributed by atoms with van der Waals surface area (Å²) in [7, 11) is 0. The molecule has 30 heavy (non-hydrogen) atoms. The van der Waals surface area contributed by atoms with Crippen molar-refractivity contribution in [3.8, 4) is 0 Å². The molecule has 0 radical (unpaired) electrons. The number of urea groups is 1. The zero-order valence-electron chi connectivity index (χ0n) is 16.5. The number of aromatic nitrogens is 1. The number of hydrogen-bond acceptors (Lipinski definition) is 5. The summed E-state index contributed by atoms with van der Waals surface area (Å²) in [5.41, 5.74) is 3.55. The summed E-state index contributed by atoms with van der Waals surface area (Å²) in [5.74, 6) is -0.658. The zero-order valence-corrected chi connectivity index (χ0v) is 17.3. The Bertz CT molecular complexity index is 1120. The summed E-state index contributed by atoms with van der Waals surface area (Å²) in [6.45, 7) is 3.55. The Hall–Kier alpha value is -2.84. The summed E-state index contributed by atoms with van der Waals surface area (Å²) >= 11 is 1.63. The lowest BCUT2D eigenvalue weighted by molar-refractivity contribution is -0.124. The fraction of sp³-hybridized carbons (Fsp3) is 0.318. The highest BCUT2D eigenvalue weighted by atomic mass is 32.1. The number of nitrogens with zero attached hydrogens (tertiary/aromatic N) is 3. The SMILES string of the molecule is C[C@H](c1ccc2scnc2c1)N1CCC2(CC1)NC(=O)N(c1ccc(F)cc1)C2=O. The van der Waals surface area contributed by atoms with E-state index in [1.54, 1.807) is 11.3 Å². The average Bonchev–Trinajstić information content (AvgIpc) is 3.31. The van der Waals surface area contributed by atoms with Crippen molar-refractivity contribution >= 4 is 39.2 Å². The van der Waals surface area contributed by atoms with Gasteiger partial charge >= 0.3 is 6.03 Å². The highest BCUT2D eigenvalue weighted by molar-refractivity contribution is 7.16. The molecule has 1 spiro atoms. The molecule has 0 saturated carbocycles. The van der Waals surface area contributed by atoms with Crippen LogP contribution in [0.1, 0.15) is 31.4 Å². The van der Waals surface area contributed by atoms with Crippen molar-refractivity contribution in [2.75, 3.05) is 18.0 Å². The van der Waals surface area contributed by atoms with Crippen LogP contribution in [0.3, 0.4) is 0 Å². The van der Waals surface area contributed by atoms with E-state index in [4.69, 9.17) is 0 Å². The lowest BCUT2D eigenvalue weighted by atomic mass is 9.86. The Morgan fingerprint density at radius 3 is 2.60 bits per heavy atom. The number of rotatable bonds is 3. The third-order valence-electron chi connectivity index (χ3n) is 6.28. The largest absolute Gasteiger partial charge is 0.329 e. The maximum absolute atomic E-state index is 13.2. The van der Waals surface area contributed by atoms with Gasteiger partial charge in [0, 0.05) is 19.1 Å². The zero-order chi connectivity index (χ0) is 20.9. The maximum atomic E-state index is 13.2. The summed E-state index contributed by atoms with van der Waals surface area (Å²) in [6, 6.07) is 11.5. The number of piperidine rings is 1. The van der Waals surface area contributed by atoms with E-state index in [9.17, 15) is 14.0 Å². The van der Waals surface area contributed by atoms with Gasteiger partial charge in [-0.2, -0.15) is 0 Å². The Labute approximate surface area is 177 Å². The molecular weight excluding hydrogens is 403 g/mol. The molecule has 5 rings (SSSR count). The van der Waals surface area contributed by atoms with Gasteiger partial charge in [0.05, 0.1) is 21.4 Å². The number of anilines is 1. The second-order valence-electron chi connectivity index (χ2n) is 7.92. The number of halogens is 1. The molecule has 1 N–H and O–H groups in total. The van der Waals surface area contributed by atoms with E-state index in [2.05, 4.69) is 40.3 Å². The van der Waals surface area contributed by atoms with E-state index in [0.29, 0.717) is 31.6 Å². The Kier molecular flexibility index (Phi) is 4.56. The normalized spacial score (nSPS) is 20.1. The molecule has 154 valence electrons. The predicted octanol–water partition coefficient (Wildman–Crippen LogP) is 4.09. The molecule has 2 fully saturated rings. The third-order valence-corrected chi connectivity index (χ3v) is 7.09. The smallest absolute Gasteiger partial charge is 0.323 e. The number of likely N-dealkylation sites (tertiary alicyclic amines) is 1. The van der Waals surface area contributed by atoms with Crippen molar-refractivity contribution < 1.29 is 14.0 Å². The molecule has 3 amide bonds. The summed E-state index contributed by atoms with van der Waals surface area (Å²) in [5, 5.41) is 2.91. The van der Waals surface area contributed by atoms with E-state index >= 15 is 0 Å². The molecule has 8 heteroatoms. The number of carbonyl (C=O) groups is 2. The minimum Gasteiger partial charge on any atom is -0.323 e. The van der Waals surface area contributed by atoms with Gasteiger partial charge in [0.15, 0.2) is 0 Å². The quantitative estimate of drug-likeness (QED) is 0.644. The first-order valence-corrected chi connectivity index (χ1v) is 10.8. The van der Waals surface area contributed by atoms with Gasteiger partial charge in [-0.25, -0.2) is 19.1 Å². The molecule has 3 heterocycles. The van der Waals surface area contributed by atoms with Crippen LogP contribution in [-0.2, 0) is 4.79 Å². The van der Waals surface area contributed by atoms with Crippen LogP contribution in [0.15, 0.2) is 48.0 Å². The van der Waals surface area contributed by atoms with Gasteiger partial charge in [-0.3, -0.25) is 9.69 Å². The number of thiazole rings is 1. The van der Waals surface area contributed by atoms with Crippen LogP contribution in [0.25, 0.3) is 10.2 Å². The number of fused-ring (bicyclic) bond motifs is 1. The number of hydrogen-bond donors (Lipinski definition) is 1. The molecule has 3 aromatic rings. The van der Waals surface area contributed by atoms with Crippen LogP contribution in [0.5, 0.6) is 0 Å². The fourth-order valence-corrected chi connectivity index (χ4v) is 5.08. The molecule has 0 bridgehead atoms. The van der Waals surface area contributed by atoms with Crippen LogP contribution < -0.4 is 10.2 Å². The topological polar surface area (TPSA) is 65.5 Å². The number of amides is 3. The fourth-order valence-electron chi connectivity index (χ4n) is 4.42. The molecule has 2 aliphatic rings. The van der Waals surface area contributed by atoms with Gasteiger partial charge in [0.25, 0.3) is 5.91 Å². The van der Waals surface area contributed by atoms with Crippen LogP contribution >= 0.6 is 11.3 Å². The minimum atomic E-state index is -0.888. The first-order chi connectivity index (χ1) is 14.5. The molecule has 0 unspecified atom stereocenters. The monoisotopic (exact) mass is 424 g/mol. The first kappa shape index (κ1) is 19.1. The van der Waals surface area contributed by atoms with Crippen LogP contribution in [0, 0.1) is 5.82 Å². The summed E-state index contributed by atoms with van der Waals surface area (Å²) < 4.78 is 14.4. The Morgan fingerprint density at radius 1 is 1.13 bits per heavy atom. The number of carbonyl (C=O) groups excluding carboxylic acids is 2. The third kappa shape index (κ3) is 3.07. The highest BCUT2D eigenvalue weighted by Crippen LogP contribution is 2.35. The van der Waals surface area contributed by atoms with E-state index in [1.165, 1.54) is 34.5 Å². The standard InChI is InChI=1S/C22H21FN4O2S/c1-14(15-2-7-19-18(12-15)24-13-30-19)26-10-8-22(9-11-26)20(28)27(21(29)25-22)17-5-3-16(23)4-6-17/h2-7,12-14H,8-11H2,1H3,(H,25,29)/t14-/m1/s1. The van der Waals surface area contributed by atoms with Crippen LogP contribution in [-0.4, -0.2) is 40.5 Å². The van der Waals surface area contributed by atoms with E-state index < -0.39 is 17.4 Å². The molecule has 0 aliphatic carbocycles. The molecule has 2 aliphatic heterocycles. The summed E-state index contributed by atoms with van der Waals surface area (Å²) in [4.78, 5) is 33.6. The summed E-state index contributed by atoms with van der Waals surface area (Å²) in [6.07, 6.45) is 1.08. The van der Waals surface area contributed by atoms with Crippen molar-refractivity contribution in [3.63, 3.8) is 0 Å². The van der Waals surface area contributed by atoms with Gasteiger partial charge in [0.1, 0.15) is 11.4 Å². The maximum Gasteiger partial charge on any atom is 0.329 e. The van der Waals surface area contributed by atoms with E-state index in [1.807, 2.05) is 5.51 Å². The highest BCUT2D eigenvalue weighted by Gasteiger charge is 2.53. The second kappa shape index (κ2) is 7.14. The van der Waals surface area contributed by atoms with Gasteiger partial charge in [0.2, 0.25) is 0 Å². The van der Waals surface area contributed by atoms with Crippen molar-refractivity contribution in [2.24, 2.45) is 0 Å². The Morgan fingerprint density at radius 2 is 1.87 bits per heavy atom. The lowest BCUT2D eigenvalue weighted by Crippen LogP contribution is -2.55. The Balaban J connectivity index is 1.31. The number of imide groups is 1. The lowest BCUT2D eigenvalue weighted by Gasteiger charge is -2.40. The molecule has 6 nitrogen and oxygen atoms in total. The molecular formula is C22H21FN4O2S. The molecule has 2 saturated heterocycles. The molecule has 2 aromatic carbocycles. The van der Waals surface area contributed by atoms with Crippen molar-refractivity contribution in [2.45, 2.75) is 31.3 Å². The van der Waals surface area contributed by atoms with Crippen LogP contribution in [0.4, 0.5) is 14.9 Å². The van der Waals surface area contributed by atoms with E-state index in [-0.39, 0.29) is 11.9 Å². The van der Waals surface area contributed by atoms with Gasteiger partial charge < -0.3 is 5.32 Å². The number of nitrogens with one attached hydrogen (secondary N) is 1. The van der Waals surface area contributed by atoms with Crippen LogP contribution in [0.2, 0.25) is 0 Å². The molecule has 1 aromatic heterocycles.